The third-order valence-corrected chi connectivity index (χ3v) is 3.43. The van der Waals surface area contributed by atoms with Crippen molar-refractivity contribution in [3.05, 3.63) is 58.6 Å². The molecule has 2 aromatic carbocycles. The summed E-state index contributed by atoms with van der Waals surface area (Å²) in [5.74, 6) is 0. The molecule has 0 saturated carbocycles. The number of fused-ring (bicyclic) bond motifs is 1. The minimum absolute atomic E-state index is 0.525. The molecule has 0 unspecified atom stereocenters. The van der Waals surface area contributed by atoms with E-state index in [4.69, 9.17) is 16.9 Å². The van der Waals surface area contributed by atoms with Crippen LogP contribution in [-0.2, 0) is 0 Å². The van der Waals surface area contributed by atoms with Gasteiger partial charge in [-0.25, -0.2) is 0 Å². The fraction of sp³-hybridized carbons (Fsp3) is 0. The number of aldehydes is 1. The van der Waals surface area contributed by atoms with Crippen LogP contribution in [0.4, 0.5) is 0 Å². The van der Waals surface area contributed by atoms with Crippen LogP contribution in [0.3, 0.4) is 0 Å². The molecule has 4 heteroatoms. The largest absolute Gasteiger partial charge is 0.354 e. The number of nitriles is 1. The van der Waals surface area contributed by atoms with Crippen molar-refractivity contribution in [2.75, 3.05) is 0 Å². The molecular formula is C16H9ClN2O. The van der Waals surface area contributed by atoms with Crippen molar-refractivity contribution in [1.82, 2.24) is 4.98 Å². The van der Waals surface area contributed by atoms with Crippen LogP contribution in [0.25, 0.3) is 22.2 Å². The summed E-state index contributed by atoms with van der Waals surface area (Å²) in [6.07, 6.45) is 0.802. The van der Waals surface area contributed by atoms with Gasteiger partial charge in [0, 0.05) is 27.1 Å². The molecule has 20 heavy (non-hydrogen) atoms. The minimum atomic E-state index is 0.525. The van der Waals surface area contributed by atoms with Crippen molar-refractivity contribution in [3.63, 3.8) is 0 Å². The summed E-state index contributed by atoms with van der Waals surface area (Å²) in [6, 6.07) is 14.6. The van der Waals surface area contributed by atoms with E-state index in [1.807, 2.05) is 12.1 Å². The van der Waals surface area contributed by atoms with Crippen molar-refractivity contribution in [2.45, 2.75) is 0 Å². The first-order valence-electron chi connectivity index (χ1n) is 6.00. The topological polar surface area (TPSA) is 56.6 Å². The molecule has 1 heterocycles. The molecule has 0 amide bonds. The first kappa shape index (κ1) is 12.5. The average molecular weight is 281 g/mol. The highest BCUT2D eigenvalue weighted by molar-refractivity contribution is 6.30. The Balaban J connectivity index is 2.31. The molecule has 0 saturated heterocycles. The molecule has 0 atom stereocenters. The number of nitrogens with zero attached hydrogens (tertiary/aromatic N) is 1. The summed E-state index contributed by atoms with van der Waals surface area (Å²) < 4.78 is 0. The molecule has 0 radical (unpaired) electrons. The number of aromatic nitrogens is 1. The highest BCUT2D eigenvalue weighted by Crippen LogP contribution is 2.30. The number of aromatic amines is 1. The maximum Gasteiger partial charge on any atom is 0.152 e. The fourth-order valence-corrected chi connectivity index (χ4v) is 2.47. The molecule has 3 rings (SSSR count). The molecular weight excluding hydrogens is 272 g/mol. The molecule has 0 fully saturated rings. The number of nitrogens with one attached hydrogen (secondary N) is 1. The first-order chi connectivity index (χ1) is 9.72. The van der Waals surface area contributed by atoms with Crippen LogP contribution in [0.1, 0.15) is 15.9 Å². The Morgan fingerprint density at radius 1 is 1.20 bits per heavy atom. The van der Waals surface area contributed by atoms with E-state index in [0.717, 1.165) is 22.8 Å². The number of hydrogen-bond donors (Lipinski definition) is 1. The van der Waals surface area contributed by atoms with Crippen LogP contribution in [-0.4, -0.2) is 11.3 Å². The standard InChI is InChI=1S/C16H9ClN2O/c17-12-3-1-2-11(7-12)16-14(9-20)13-6-10(8-18)4-5-15(13)19-16/h1-7,9,19H. The second kappa shape index (κ2) is 4.84. The first-order valence-corrected chi connectivity index (χ1v) is 6.37. The van der Waals surface area contributed by atoms with Gasteiger partial charge in [-0.05, 0) is 30.3 Å². The van der Waals surface area contributed by atoms with E-state index in [9.17, 15) is 4.79 Å². The third-order valence-electron chi connectivity index (χ3n) is 3.20. The lowest BCUT2D eigenvalue weighted by molar-refractivity contribution is 0.112. The van der Waals surface area contributed by atoms with E-state index in [1.165, 1.54) is 0 Å². The van der Waals surface area contributed by atoms with Gasteiger partial charge in [-0.1, -0.05) is 23.7 Å². The zero-order valence-electron chi connectivity index (χ0n) is 10.4. The second-order valence-electron chi connectivity index (χ2n) is 4.41. The number of rotatable bonds is 2. The zero-order valence-corrected chi connectivity index (χ0v) is 11.1. The Morgan fingerprint density at radius 2 is 2.05 bits per heavy atom. The number of carbonyl (C=O) groups excluding carboxylic acids is 1. The van der Waals surface area contributed by atoms with Gasteiger partial charge in [0.15, 0.2) is 6.29 Å². The SMILES string of the molecule is N#Cc1ccc2[nH]c(-c3cccc(Cl)c3)c(C=O)c2c1. The van der Waals surface area contributed by atoms with Crippen molar-refractivity contribution < 1.29 is 4.79 Å². The lowest BCUT2D eigenvalue weighted by Crippen LogP contribution is -1.84. The van der Waals surface area contributed by atoms with Gasteiger partial charge in [-0.3, -0.25) is 4.79 Å². The van der Waals surface area contributed by atoms with Crippen LogP contribution in [0.2, 0.25) is 5.02 Å². The summed E-state index contributed by atoms with van der Waals surface area (Å²) in [5.41, 5.74) is 3.44. The molecule has 1 N–H and O–H groups in total. The molecule has 0 aliphatic heterocycles. The number of carbonyl (C=O) groups is 1. The van der Waals surface area contributed by atoms with E-state index < -0.39 is 0 Å². The van der Waals surface area contributed by atoms with E-state index in [-0.39, 0.29) is 0 Å². The summed E-state index contributed by atoms with van der Waals surface area (Å²) in [6.45, 7) is 0. The Bertz CT molecular complexity index is 859. The summed E-state index contributed by atoms with van der Waals surface area (Å²) in [4.78, 5) is 14.6. The molecule has 3 nitrogen and oxygen atoms in total. The van der Waals surface area contributed by atoms with Gasteiger partial charge in [0.05, 0.1) is 17.3 Å². The monoisotopic (exact) mass is 280 g/mol. The quantitative estimate of drug-likeness (QED) is 0.716. The molecule has 0 aliphatic rings. The number of benzene rings is 2. The van der Waals surface area contributed by atoms with Gasteiger partial charge in [-0.15, -0.1) is 0 Å². The average Bonchev–Trinajstić information content (AvgIpc) is 2.84. The van der Waals surface area contributed by atoms with E-state index in [2.05, 4.69) is 11.1 Å². The summed E-state index contributed by atoms with van der Waals surface area (Å²) in [5, 5.41) is 10.3. The lowest BCUT2D eigenvalue weighted by atomic mass is 10.1. The van der Waals surface area contributed by atoms with Gasteiger partial charge < -0.3 is 4.98 Å². The second-order valence-corrected chi connectivity index (χ2v) is 4.85. The zero-order chi connectivity index (χ0) is 14.1. The molecule has 96 valence electrons. The molecule has 1 aromatic heterocycles. The van der Waals surface area contributed by atoms with Crippen molar-refractivity contribution in [2.24, 2.45) is 0 Å². The van der Waals surface area contributed by atoms with E-state index in [0.29, 0.717) is 21.8 Å². The number of hydrogen-bond acceptors (Lipinski definition) is 2. The normalized spacial score (nSPS) is 10.4. The van der Waals surface area contributed by atoms with Crippen LogP contribution >= 0.6 is 11.6 Å². The maximum absolute atomic E-state index is 11.4. The van der Waals surface area contributed by atoms with E-state index in [1.54, 1.807) is 30.3 Å². The Labute approximate surface area is 120 Å². The Morgan fingerprint density at radius 3 is 2.75 bits per heavy atom. The molecule has 0 aliphatic carbocycles. The van der Waals surface area contributed by atoms with Crippen molar-refractivity contribution in [3.8, 4) is 17.3 Å². The molecule has 3 aromatic rings. The minimum Gasteiger partial charge on any atom is -0.354 e. The predicted molar refractivity (Wildman–Crippen MR) is 78.8 cm³/mol. The predicted octanol–water partition coefficient (Wildman–Crippen LogP) is 4.17. The van der Waals surface area contributed by atoms with Crippen LogP contribution in [0.5, 0.6) is 0 Å². The van der Waals surface area contributed by atoms with Crippen molar-refractivity contribution >= 4 is 28.8 Å². The Kier molecular flexibility index (Phi) is 3.02. The van der Waals surface area contributed by atoms with Gasteiger partial charge in [0.1, 0.15) is 0 Å². The summed E-state index contributed by atoms with van der Waals surface area (Å²) in [7, 11) is 0. The fourth-order valence-electron chi connectivity index (χ4n) is 2.28. The lowest BCUT2D eigenvalue weighted by Gasteiger charge is -2.00. The highest BCUT2D eigenvalue weighted by atomic mass is 35.5. The smallest absolute Gasteiger partial charge is 0.152 e. The Hall–Kier alpha value is -2.57. The van der Waals surface area contributed by atoms with Crippen LogP contribution in [0, 0.1) is 11.3 Å². The summed E-state index contributed by atoms with van der Waals surface area (Å²) >= 11 is 5.99. The van der Waals surface area contributed by atoms with Gasteiger partial charge in [0.2, 0.25) is 0 Å². The molecule has 0 bridgehead atoms. The van der Waals surface area contributed by atoms with Gasteiger partial charge in [-0.2, -0.15) is 5.26 Å². The van der Waals surface area contributed by atoms with Gasteiger partial charge >= 0.3 is 0 Å². The number of H-pyrrole nitrogens is 1. The van der Waals surface area contributed by atoms with Crippen molar-refractivity contribution in [1.29, 1.82) is 5.26 Å². The van der Waals surface area contributed by atoms with Crippen LogP contribution in [0.15, 0.2) is 42.5 Å². The molecule has 0 spiro atoms. The van der Waals surface area contributed by atoms with Crippen LogP contribution < -0.4 is 0 Å². The van der Waals surface area contributed by atoms with E-state index >= 15 is 0 Å². The third kappa shape index (κ3) is 1.97. The van der Waals surface area contributed by atoms with Gasteiger partial charge in [0.25, 0.3) is 0 Å². The number of halogens is 1. The maximum atomic E-state index is 11.4. The highest BCUT2D eigenvalue weighted by Gasteiger charge is 2.13.